The Bertz CT molecular complexity index is 951. The van der Waals surface area contributed by atoms with Crippen molar-refractivity contribution in [3.8, 4) is 0 Å². The first kappa shape index (κ1) is 20.9. The average Bonchev–Trinajstić information content (AvgIpc) is 2.67. The first-order valence-corrected chi connectivity index (χ1v) is 9.91. The van der Waals surface area contributed by atoms with Gasteiger partial charge in [-0.25, -0.2) is 4.79 Å². The number of H-pyrrole nitrogens is 2. The minimum absolute atomic E-state index is 0.0209. The summed E-state index contributed by atoms with van der Waals surface area (Å²) in [4.78, 5) is 41.2. The number of anilines is 1. The molecule has 0 unspecified atom stereocenters. The number of nitrogens with one attached hydrogen (secondary N) is 4. The molecule has 1 aliphatic carbocycles. The number of aromatic nitrogens is 2. The molecule has 156 valence electrons. The van der Waals surface area contributed by atoms with Crippen LogP contribution in [-0.4, -0.2) is 39.2 Å². The summed E-state index contributed by atoms with van der Waals surface area (Å²) in [7, 11) is 0. The van der Waals surface area contributed by atoms with Gasteiger partial charge in [-0.15, -0.1) is 0 Å². The fraction of sp³-hybridized carbons (Fsp3) is 0.476. The maximum atomic E-state index is 12.8. The molecular weight excluding hydrogens is 372 g/mol. The van der Waals surface area contributed by atoms with E-state index >= 15 is 0 Å². The minimum Gasteiger partial charge on any atom is -0.389 e. The van der Waals surface area contributed by atoms with E-state index in [2.05, 4.69) is 32.7 Å². The molecule has 29 heavy (non-hydrogen) atoms. The lowest BCUT2D eigenvalue weighted by Crippen LogP contribution is -2.41. The molecule has 1 aromatic heterocycles. The molecule has 0 radical (unpaired) electrons. The summed E-state index contributed by atoms with van der Waals surface area (Å²) in [6.07, 6.45) is 3.58. The van der Waals surface area contributed by atoms with Crippen LogP contribution in [0.2, 0.25) is 0 Å². The molecule has 0 spiro atoms. The lowest BCUT2D eigenvalue weighted by molar-refractivity contribution is 0.0910. The van der Waals surface area contributed by atoms with Gasteiger partial charge in [-0.1, -0.05) is 30.3 Å². The summed E-state index contributed by atoms with van der Waals surface area (Å²) in [5.41, 5.74) is -1.39. The Morgan fingerprint density at radius 2 is 1.76 bits per heavy atom. The molecule has 8 heteroatoms. The molecule has 2 aromatic rings. The van der Waals surface area contributed by atoms with Gasteiger partial charge in [0.15, 0.2) is 0 Å². The van der Waals surface area contributed by atoms with Crippen LogP contribution >= 0.6 is 0 Å². The summed E-state index contributed by atoms with van der Waals surface area (Å²) in [6, 6.07) is 10.3. The van der Waals surface area contributed by atoms with Crippen molar-refractivity contribution in [2.24, 2.45) is 0 Å². The topological polar surface area (TPSA) is 127 Å². The van der Waals surface area contributed by atoms with Crippen molar-refractivity contribution in [2.75, 3.05) is 11.9 Å². The molecular formula is C21H28N4O4. The summed E-state index contributed by atoms with van der Waals surface area (Å²) >= 11 is 0. The quantitative estimate of drug-likeness (QED) is 0.504. The Morgan fingerprint density at radius 3 is 2.38 bits per heavy atom. The van der Waals surface area contributed by atoms with Crippen LogP contribution < -0.4 is 21.9 Å². The molecule has 0 aliphatic heterocycles. The van der Waals surface area contributed by atoms with Gasteiger partial charge in [0.2, 0.25) is 0 Å². The van der Waals surface area contributed by atoms with Gasteiger partial charge in [-0.3, -0.25) is 14.6 Å². The van der Waals surface area contributed by atoms with Gasteiger partial charge in [-0.2, -0.15) is 0 Å². The van der Waals surface area contributed by atoms with Crippen molar-refractivity contribution in [1.82, 2.24) is 15.3 Å². The zero-order chi connectivity index (χ0) is 21.0. The summed E-state index contributed by atoms with van der Waals surface area (Å²) < 4.78 is 0. The highest BCUT2D eigenvalue weighted by atomic mass is 16.3. The molecule has 1 saturated carbocycles. The van der Waals surface area contributed by atoms with Crippen molar-refractivity contribution >= 4 is 11.6 Å². The van der Waals surface area contributed by atoms with Crippen LogP contribution in [0.25, 0.3) is 0 Å². The molecule has 1 aromatic carbocycles. The second kappa shape index (κ2) is 8.65. The van der Waals surface area contributed by atoms with Crippen molar-refractivity contribution in [2.45, 2.75) is 57.1 Å². The predicted octanol–water partition coefficient (Wildman–Crippen LogP) is 1.70. The third-order valence-electron chi connectivity index (χ3n) is 5.20. The third-order valence-corrected chi connectivity index (χ3v) is 5.20. The fourth-order valence-corrected chi connectivity index (χ4v) is 3.68. The molecule has 0 bridgehead atoms. The van der Waals surface area contributed by atoms with Gasteiger partial charge < -0.3 is 20.7 Å². The summed E-state index contributed by atoms with van der Waals surface area (Å²) in [5.74, 6) is -0.0256. The average molecular weight is 400 g/mol. The summed E-state index contributed by atoms with van der Waals surface area (Å²) in [5, 5.41) is 15.6. The largest absolute Gasteiger partial charge is 0.389 e. The third kappa shape index (κ3) is 5.57. The van der Waals surface area contributed by atoms with E-state index in [0.717, 1.165) is 25.7 Å². The van der Waals surface area contributed by atoms with Crippen molar-refractivity contribution in [1.29, 1.82) is 0 Å². The van der Waals surface area contributed by atoms with E-state index in [1.165, 1.54) is 5.56 Å². The number of aliphatic hydroxyl groups is 1. The SMILES string of the molecule is CC(C)(O)CNc1c(C(=O)N[C@H]2CC[C@@H](c3ccccc3)CC2)[nH]c(=O)[nH]c1=O. The maximum Gasteiger partial charge on any atom is 0.326 e. The van der Waals surface area contributed by atoms with Crippen LogP contribution in [0.5, 0.6) is 0 Å². The number of carbonyl (C=O) groups excluding carboxylic acids is 1. The van der Waals surface area contributed by atoms with Gasteiger partial charge in [0, 0.05) is 12.6 Å². The molecule has 3 rings (SSSR count). The second-order valence-electron chi connectivity index (χ2n) is 8.26. The zero-order valence-corrected chi connectivity index (χ0v) is 16.7. The molecule has 8 nitrogen and oxygen atoms in total. The zero-order valence-electron chi connectivity index (χ0n) is 16.7. The molecule has 5 N–H and O–H groups in total. The Hall–Kier alpha value is -2.87. The minimum atomic E-state index is -1.09. The van der Waals surface area contributed by atoms with Gasteiger partial charge in [0.1, 0.15) is 11.4 Å². The normalized spacial score (nSPS) is 19.6. The van der Waals surface area contributed by atoms with E-state index in [1.54, 1.807) is 13.8 Å². The van der Waals surface area contributed by atoms with Crippen LogP contribution in [0.1, 0.15) is 61.5 Å². The van der Waals surface area contributed by atoms with Crippen molar-refractivity contribution < 1.29 is 9.90 Å². The van der Waals surface area contributed by atoms with E-state index in [0.29, 0.717) is 5.92 Å². The van der Waals surface area contributed by atoms with Crippen LogP contribution in [0.4, 0.5) is 5.69 Å². The van der Waals surface area contributed by atoms with Crippen molar-refractivity contribution in [3.63, 3.8) is 0 Å². The smallest absolute Gasteiger partial charge is 0.326 e. The number of benzene rings is 1. The lowest BCUT2D eigenvalue weighted by Gasteiger charge is -2.29. The van der Waals surface area contributed by atoms with Gasteiger partial charge in [0.05, 0.1) is 5.60 Å². The molecule has 1 amide bonds. The van der Waals surface area contributed by atoms with E-state index in [-0.39, 0.29) is 24.0 Å². The highest BCUT2D eigenvalue weighted by Gasteiger charge is 2.26. The van der Waals surface area contributed by atoms with Crippen LogP contribution in [0.3, 0.4) is 0 Å². The van der Waals surface area contributed by atoms with Gasteiger partial charge in [-0.05, 0) is 51.0 Å². The Balaban J connectivity index is 1.68. The Labute approximate surface area is 168 Å². The van der Waals surface area contributed by atoms with Crippen molar-refractivity contribution in [3.05, 3.63) is 62.4 Å². The van der Waals surface area contributed by atoms with E-state index in [4.69, 9.17) is 0 Å². The number of amides is 1. The Kier molecular flexibility index (Phi) is 6.22. The molecule has 1 heterocycles. The second-order valence-corrected chi connectivity index (χ2v) is 8.26. The fourth-order valence-electron chi connectivity index (χ4n) is 3.68. The number of hydrogen-bond donors (Lipinski definition) is 5. The van der Waals surface area contributed by atoms with Crippen LogP contribution in [0.15, 0.2) is 39.9 Å². The standard InChI is InChI=1S/C21H28N4O4/c1-21(2,29)12-22-16-17(24-20(28)25-18(16)26)19(27)23-15-10-8-14(9-11-15)13-6-4-3-5-7-13/h3-7,14-15,22,29H,8-12H2,1-2H3,(H,23,27)(H2,24,25,26,28)/t14-,15+. The lowest BCUT2D eigenvalue weighted by atomic mass is 9.82. The van der Waals surface area contributed by atoms with E-state index < -0.39 is 22.8 Å². The first-order valence-electron chi connectivity index (χ1n) is 9.91. The first-order chi connectivity index (χ1) is 13.7. The monoisotopic (exact) mass is 400 g/mol. The number of aromatic amines is 2. The van der Waals surface area contributed by atoms with Crippen LogP contribution in [-0.2, 0) is 0 Å². The Morgan fingerprint density at radius 1 is 1.10 bits per heavy atom. The predicted molar refractivity (Wildman–Crippen MR) is 111 cm³/mol. The van der Waals surface area contributed by atoms with E-state index in [9.17, 15) is 19.5 Å². The number of carbonyl (C=O) groups is 1. The van der Waals surface area contributed by atoms with E-state index in [1.807, 2.05) is 18.2 Å². The molecule has 0 saturated heterocycles. The highest BCUT2D eigenvalue weighted by Crippen LogP contribution is 2.32. The number of hydrogen-bond acceptors (Lipinski definition) is 5. The molecule has 1 fully saturated rings. The highest BCUT2D eigenvalue weighted by molar-refractivity contribution is 5.97. The maximum absolute atomic E-state index is 12.8. The van der Waals surface area contributed by atoms with Gasteiger partial charge in [0.25, 0.3) is 11.5 Å². The summed E-state index contributed by atoms with van der Waals surface area (Å²) in [6.45, 7) is 3.19. The van der Waals surface area contributed by atoms with Crippen LogP contribution in [0, 0.1) is 0 Å². The molecule has 1 aliphatic rings. The number of rotatable bonds is 6. The molecule has 0 atom stereocenters. The van der Waals surface area contributed by atoms with Gasteiger partial charge >= 0.3 is 5.69 Å².